The Labute approximate surface area is 173 Å². The van der Waals surface area contributed by atoms with Gasteiger partial charge in [-0.3, -0.25) is 19.2 Å². The minimum atomic E-state index is -1.55. The van der Waals surface area contributed by atoms with Crippen molar-refractivity contribution in [3.8, 4) is 0 Å². The fraction of sp³-hybridized carbons (Fsp3) is 0.688. The zero-order valence-corrected chi connectivity index (χ0v) is 17.1. The van der Waals surface area contributed by atoms with Crippen molar-refractivity contribution in [1.82, 2.24) is 16.0 Å². The van der Waals surface area contributed by atoms with Crippen molar-refractivity contribution in [2.45, 2.75) is 50.9 Å². The van der Waals surface area contributed by atoms with E-state index in [-0.39, 0.29) is 18.1 Å². The standard InChI is InChI=1S/C16H29N5O7S/c1-7(2)3-9(14(25)21-11(5-22)16(27)28)20-15(26)10(4-12(18)23)19-13(24)8(17)6-29/h7-11,22,29H,3-6,17H2,1-2H3,(H2,18,23)(H,19,24)(H,20,26)(H,21,25)(H,27,28). The fourth-order valence-corrected chi connectivity index (χ4v) is 2.37. The predicted molar refractivity (Wildman–Crippen MR) is 106 cm³/mol. The molecule has 0 aliphatic heterocycles. The van der Waals surface area contributed by atoms with Crippen LogP contribution in [0.5, 0.6) is 0 Å². The average Bonchev–Trinajstić information content (AvgIpc) is 2.62. The molecule has 0 aromatic carbocycles. The highest BCUT2D eigenvalue weighted by atomic mass is 32.1. The number of rotatable bonds is 13. The van der Waals surface area contributed by atoms with Crippen molar-refractivity contribution in [1.29, 1.82) is 0 Å². The number of aliphatic carboxylic acids is 1. The van der Waals surface area contributed by atoms with Gasteiger partial charge >= 0.3 is 5.97 Å². The average molecular weight is 436 g/mol. The lowest BCUT2D eigenvalue weighted by atomic mass is 10.0. The second kappa shape index (κ2) is 13.0. The Bertz CT molecular complexity index is 616. The van der Waals surface area contributed by atoms with Crippen molar-refractivity contribution in [3.63, 3.8) is 0 Å². The minimum Gasteiger partial charge on any atom is -0.480 e. The summed E-state index contributed by atoms with van der Waals surface area (Å²) in [4.78, 5) is 59.2. The number of carboxylic acid groups (broad SMARTS) is 1. The first-order valence-corrected chi connectivity index (χ1v) is 9.45. The van der Waals surface area contributed by atoms with Crippen molar-refractivity contribution in [3.05, 3.63) is 0 Å². The van der Waals surface area contributed by atoms with E-state index in [1.54, 1.807) is 13.8 Å². The highest BCUT2D eigenvalue weighted by molar-refractivity contribution is 7.80. The second-order valence-electron chi connectivity index (χ2n) is 6.79. The highest BCUT2D eigenvalue weighted by Gasteiger charge is 2.31. The molecule has 12 nitrogen and oxygen atoms in total. The summed E-state index contributed by atoms with van der Waals surface area (Å²) < 4.78 is 0. The molecule has 0 aromatic heterocycles. The van der Waals surface area contributed by atoms with E-state index >= 15 is 0 Å². The smallest absolute Gasteiger partial charge is 0.328 e. The lowest BCUT2D eigenvalue weighted by Gasteiger charge is -2.25. The molecule has 29 heavy (non-hydrogen) atoms. The van der Waals surface area contributed by atoms with Gasteiger partial charge in [-0.05, 0) is 12.3 Å². The van der Waals surface area contributed by atoms with E-state index in [9.17, 15) is 24.0 Å². The molecule has 166 valence electrons. The number of amides is 4. The molecule has 0 spiro atoms. The van der Waals surface area contributed by atoms with E-state index in [1.807, 2.05) is 0 Å². The van der Waals surface area contributed by atoms with Crippen molar-refractivity contribution >= 4 is 42.2 Å². The molecule has 9 N–H and O–H groups in total. The van der Waals surface area contributed by atoms with E-state index in [1.165, 1.54) is 0 Å². The summed E-state index contributed by atoms with van der Waals surface area (Å²) in [5.41, 5.74) is 10.6. The summed E-state index contributed by atoms with van der Waals surface area (Å²) >= 11 is 3.88. The van der Waals surface area contributed by atoms with Gasteiger partial charge in [-0.25, -0.2) is 4.79 Å². The van der Waals surface area contributed by atoms with E-state index < -0.39 is 66.8 Å². The molecule has 0 saturated carbocycles. The Morgan fingerprint density at radius 3 is 1.83 bits per heavy atom. The molecular weight excluding hydrogens is 406 g/mol. The number of hydrogen-bond donors (Lipinski definition) is 8. The van der Waals surface area contributed by atoms with E-state index in [4.69, 9.17) is 21.7 Å². The number of primary amides is 1. The topological polar surface area (TPSA) is 214 Å². The van der Waals surface area contributed by atoms with Gasteiger partial charge in [-0.15, -0.1) is 0 Å². The van der Waals surface area contributed by atoms with E-state index in [2.05, 4.69) is 28.6 Å². The van der Waals surface area contributed by atoms with Crippen LogP contribution in [0.3, 0.4) is 0 Å². The number of nitrogens with one attached hydrogen (secondary N) is 3. The van der Waals surface area contributed by atoms with Gasteiger partial charge in [0.25, 0.3) is 0 Å². The molecule has 4 unspecified atom stereocenters. The zero-order chi connectivity index (χ0) is 22.7. The van der Waals surface area contributed by atoms with E-state index in [0.29, 0.717) is 0 Å². The monoisotopic (exact) mass is 435 g/mol. The number of carbonyl (C=O) groups is 5. The third-order valence-electron chi connectivity index (χ3n) is 3.71. The summed E-state index contributed by atoms with van der Waals surface area (Å²) in [5, 5.41) is 24.8. The predicted octanol–water partition coefficient (Wildman–Crippen LogP) is -3.30. The first-order chi connectivity index (χ1) is 13.4. The first-order valence-electron chi connectivity index (χ1n) is 8.82. The van der Waals surface area contributed by atoms with Crippen LogP contribution in [0.2, 0.25) is 0 Å². The Balaban J connectivity index is 5.39. The van der Waals surface area contributed by atoms with Gasteiger partial charge < -0.3 is 37.6 Å². The molecule has 0 aliphatic carbocycles. The first kappa shape index (κ1) is 26.6. The van der Waals surface area contributed by atoms with Gasteiger partial charge in [0.2, 0.25) is 23.6 Å². The van der Waals surface area contributed by atoms with Crippen LogP contribution < -0.4 is 27.4 Å². The number of hydrogen-bond acceptors (Lipinski definition) is 8. The van der Waals surface area contributed by atoms with Crippen LogP contribution >= 0.6 is 12.6 Å². The third-order valence-corrected chi connectivity index (χ3v) is 4.10. The molecule has 0 fully saturated rings. The van der Waals surface area contributed by atoms with Crippen LogP contribution in [0.4, 0.5) is 0 Å². The summed E-state index contributed by atoms with van der Waals surface area (Å²) in [7, 11) is 0. The second-order valence-corrected chi connectivity index (χ2v) is 7.16. The molecule has 0 rings (SSSR count). The molecule has 13 heteroatoms. The van der Waals surface area contributed by atoms with Crippen LogP contribution in [0.1, 0.15) is 26.7 Å². The molecule has 0 heterocycles. The van der Waals surface area contributed by atoms with Crippen LogP contribution in [-0.4, -0.2) is 76.3 Å². The number of aliphatic hydroxyl groups is 1. The number of carbonyl (C=O) groups excluding carboxylic acids is 4. The Kier molecular flexibility index (Phi) is 11.9. The van der Waals surface area contributed by atoms with E-state index in [0.717, 1.165) is 0 Å². The number of carboxylic acids is 1. The maximum atomic E-state index is 12.6. The number of aliphatic hydroxyl groups excluding tert-OH is 1. The van der Waals surface area contributed by atoms with Gasteiger partial charge in [0.1, 0.15) is 18.1 Å². The van der Waals surface area contributed by atoms with Crippen LogP contribution in [0.25, 0.3) is 0 Å². The summed E-state index contributed by atoms with van der Waals surface area (Å²) in [6.07, 6.45) is -0.413. The van der Waals surface area contributed by atoms with Crippen molar-refractivity contribution in [2.75, 3.05) is 12.4 Å². The maximum Gasteiger partial charge on any atom is 0.328 e. The lowest BCUT2D eigenvalue weighted by molar-refractivity contribution is -0.143. The largest absolute Gasteiger partial charge is 0.480 e. The number of nitrogens with two attached hydrogens (primary N) is 2. The normalized spacial score (nSPS) is 15.0. The Morgan fingerprint density at radius 2 is 1.41 bits per heavy atom. The van der Waals surface area contributed by atoms with Crippen LogP contribution in [0, 0.1) is 5.92 Å². The van der Waals surface area contributed by atoms with Crippen LogP contribution in [0.15, 0.2) is 0 Å². The molecule has 4 atom stereocenters. The van der Waals surface area contributed by atoms with Crippen LogP contribution in [-0.2, 0) is 24.0 Å². The summed E-state index contributed by atoms with van der Waals surface area (Å²) in [6, 6.07) is -5.15. The lowest BCUT2D eigenvalue weighted by Crippen LogP contribution is -2.58. The number of thiol groups is 1. The van der Waals surface area contributed by atoms with Gasteiger partial charge in [0.05, 0.1) is 19.1 Å². The summed E-state index contributed by atoms with van der Waals surface area (Å²) in [6.45, 7) is 2.69. The van der Waals surface area contributed by atoms with Crippen molar-refractivity contribution < 1.29 is 34.2 Å². The minimum absolute atomic E-state index is 0.00708. The van der Waals surface area contributed by atoms with Crippen molar-refractivity contribution in [2.24, 2.45) is 17.4 Å². The molecular formula is C16H29N5O7S. The molecule has 4 amide bonds. The maximum absolute atomic E-state index is 12.6. The Hall–Kier alpha value is -2.38. The summed E-state index contributed by atoms with van der Waals surface area (Å²) in [5.74, 6) is -4.86. The third kappa shape index (κ3) is 10.1. The zero-order valence-electron chi connectivity index (χ0n) is 16.3. The molecule has 0 aromatic rings. The van der Waals surface area contributed by atoms with Gasteiger partial charge in [-0.1, -0.05) is 13.8 Å². The van der Waals surface area contributed by atoms with Gasteiger partial charge in [-0.2, -0.15) is 12.6 Å². The van der Waals surface area contributed by atoms with Gasteiger partial charge in [0, 0.05) is 5.75 Å². The molecule has 0 saturated heterocycles. The quantitative estimate of drug-likeness (QED) is 0.137. The Morgan fingerprint density at radius 1 is 0.931 bits per heavy atom. The molecule has 0 aliphatic rings. The highest BCUT2D eigenvalue weighted by Crippen LogP contribution is 2.07. The molecule has 0 radical (unpaired) electrons. The molecule has 0 bridgehead atoms. The van der Waals surface area contributed by atoms with Gasteiger partial charge in [0.15, 0.2) is 0 Å². The fourth-order valence-electron chi connectivity index (χ4n) is 2.21. The SMILES string of the molecule is CC(C)CC(NC(=O)C(CC(N)=O)NC(=O)C(N)CS)C(=O)NC(CO)C(=O)O.